The van der Waals surface area contributed by atoms with Crippen LogP contribution in [-0.2, 0) is 4.79 Å². The molecule has 0 atom stereocenters. The fourth-order valence-corrected chi connectivity index (χ4v) is 3.62. The Morgan fingerprint density at radius 1 is 1.17 bits per heavy atom. The summed E-state index contributed by atoms with van der Waals surface area (Å²) < 4.78 is 2.10. The summed E-state index contributed by atoms with van der Waals surface area (Å²) in [6, 6.07) is 5.96. The maximum absolute atomic E-state index is 12.2. The summed E-state index contributed by atoms with van der Waals surface area (Å²) in [5, 5.41) is 7.95. The van der Waals surface area contributed by atoms with Crippen molar-refractivity contribution in [1.82, 2.24) is 20.0 Å². The first kappa shape index (κ1) is 15.1. The van der Waals surface area contributed by atoms with E-state index in [1.54, 1.807) is 4.90 Å². The van der Waals surface area contributed by atoms with Crippen LogP contribution in [0.1, 0.15) is 25.3 Å². The predicted molar refractivity (Wildman–Crippen MR) is 91.0 cm³/mol. The molecular formula is C17H21N5O2. The predicted octanol–water partition coefficient (Wildman–Crippen LogP) is 1.75. The number of likely N-dealkylation sites (tertiary alicyclic amines) is 1. The lowest BCUT2D eigenvalue weighted by Gasteiger charge is -2.30. The van der Waals surface area contributed by atoms with E-state index in [1.807, 2.05) is 18.3 Å². The van der Waals surface area contributed by atoms with Gasteiger partial charge < -0.3 is 4.90 Å². The molecule has 2 aliphatic heterocycles. The maximum atomic E-state index is 12.2. The lowest BCUT2D eigenvalue weighted by Crippen LogP contribution is -2.49. The Kier molecular flexibility index (Phi) is 3.72. The van der Waals surface area contributed by atoms with Crippen LogP contribution in [-0.4, -0.2) is 53.3 Å². The number of carbonyl (C=O) groups excluding carboxylic acids is 2. The lowest BCUT2D eigenvalue weighted by molar-refractivity contribution is -0.120. The number of aromatic nitrogens is 2. The van der Waals surface area contributed by atoms with Crippen LogP contribution in [0.2, 0.25) is 0 Å². The highest BCUT2D eigenvalue weighted by atomic mass is 16.2. The third-order valence-corrected chi connectivity index (χ3v) is 5.00. The van der Waals surface area contributed by atoms with Crippen LogP contribution in [0.25, 0.3) is 10.9 Å². The number of rotatable bonds is 2. The van der Waals surface area contributed by atoms with Gasteiger partial charge in [-0.05, 0) is 45.1 Å². The van der Waals surface area contributed by atoms with E-state index < -0.39 is 0 Å². The number of imide groups is 1. The summed E-state index contributed by atoms with van der Waals surface area (Å²) in [6.45, 7) is 2.55. The van der Waals surface area contributed by atoms with Crippen LogP contribution in [0, 0.1) is 0 Å². The molecule has 3 heterocycles. The number of fused-ring (bicyclic) bond motifs is 1. The number of nitrogens with one attached hydrogen (secondary N) is 1. The van der Waals surface area contributed by atoms with Gasteiger partial charge in [-0.3, -0.25) is 19.7 Å². The van der Waals surface area contributed by atoms with Crippen molar-refractivity contribution in [2.45, 2.75) is 25.3 Å². The normalized spacial score (nSPS) is 20.6. The van der Waals surface area contributed by atoms with Gasteiger partial charge in [0.1, 0.15) is 0 Å². The van der Waals surface area contributed by atoms with Crippen molar-refractivity contribution in [3.05, 3.63) is 24.4 Å². The molecule has 4 rings (SSSR count). The van der Waals surface area contributed by atoms with Gasteiger partial charge in [-0.25, -0.2) is 4.79 Å². The Hall–Kier alpha value is -2.41. The first-order chi connectivity index (χ1) is 11.6. The molecule has 1 aromatic heterocycles. The first-order valence-electron chi connectivity index (χ1n) is 8.39. The summed E-state index contributed by atoms with van der Waals surface area (Å²) in [5.41, 5.74) is 1.86. The zero-order valence-corrected chi connectivity index (χ0v) is 13.7. The average molecular weight is 327 g/mol. The molecule has 7 heteroatoms. The molecule has 0 aliphatic carbocycles. The number of hydrogen-bond acceptors (Lipinski definition) is 4. The Morgan fingerprint density at radius 2 is 1.96 bits per heavy atom. The van der Waals surface area contributed by atoms with Gasteiger partial charge in [0.2, 0.25) is 5.91 Å². The van der Waals surface area contributed by atoms with Gasteiger partial charge in [-0.1, -0.05) is 6.07 Å². The minimum Gasteiger partial charge on any atom is -0.306 e. The fraction of sp³-hybridized carbons (Fsp3) is 0.471. The van der Waals surface area contributed by atoms with Crippen LogP contribution in [0.15, 0.2) is 24.4 Å². The molecule has 1 aromatic carbocycles. The summed E-state index contributed by atoms with van der Waals surface area (Å²) in [7, 11) is 2.14. The molecule has 7 nitrogen and oxygen atoms in total. The van der Waals surface area contributed by atoms with E-state index in [1.165, 1.54) is 0 Å². The van der Waals surface area contributed by atoms with Crippen molar-refractivity contribution in [1.29, 1.82) is 0 Å². The van der Waals surface area contributed by atoms with E-state index in [4.69, 9.17) is 0 Å². The third kappa shape index (κ3) is 2.54. The van der Waals surface area contributed by atoms with E-state index in [0.717, 1.165) is 42.5 Å². The Labute approximate surface area is 140 Å². The Balaban J connectivity index is 1.69. The molecule has 0 spiro atoms. The Morgan fingerprint density at radius 3 is 2.71 bits per heavy atom. The molecule has 24 heavy (non-hydrogen) atoms. The van der Waals surface area contributed by atoms with Gasteiger partial charge in [-0.2, -0.15) is 5.10 Å². The second-order valence-corrected chi connectivity index (χ2v) is 6.59. The fourth-order valence-electron chi connectivity index (χ4n) is 3.62. The van der Waals surface area contributed by atoms with Gasteiger partial charge in [-0.15, -0.1) is 0 Å². The summed E-state index contributed by atoms with van der Waals surface area (Å²) >= 11 is 0. The number of benzene rings is 1. The summed E-state index contributed by atoms with van der Waals surface area (Å²) in [6.07, 6.45) is 4.32. The molecule has 0 radical (unpaired) electrons. The number of hydrogen-bond donors (Lipinski definition) is 1. The summed E-state index contributed by atoms with van der Waals surface area (Å²) in [5.74, 6) is -0.217. The smallest absolute Gasteiger partial charge is 0.306 e. The maximum Gasteiger partial charge on any atom is 0.328 e. The van der Waals surface area contributed by atoms with E-state index in [-0.39, 0.29) is 11.9 Å². The lowest BCUT2D eigenvalue weighted by atomic mass is 10.1. The van der Waals surface area contributed by atoms with Gasteiger partial charge in [0, 0.05) is 18.4 Å². The van der Waals surface area contributed by atoms with Gasteiger partial charge >= 0.3 is 6.03 Å². The molecule has 0 unspecified atom stereocenters. The second kappa shape index (κ2) is 5.90. The number of urea groups is 1. The summed E-state index contributed by atoms with van der Waals surface area (Å²) in [4.78, 5) is 27.5. The minimum absolute atomic E-state index is 0.217. The van der Waals surface area contributed by atoms with Gasteiger partial charge in [0.25, 0.3) is 0 Å². The van der Waals surface area contributed by atoms with Crippen molar-refractivity contribution in [3.63, 3.8) is 0 Å². The third-order valence-electron chi connectivity index (χ3n) is 5.00. The number of nitrogens with zero attached hydrogens (tertiary/aromatic N) is 4. The van der Waals surface area contributed by atoms with Crippen LogP contribution in [0.4, 0.5) is 10.5 Å². The minimum atomic E-state index is -0.356. The van der Waals surface area contributed by atoms with Crippen LogP contribution < -0.4 is 10.2 Å². The zero-order valence-electron chi connectivity index (χ0n) is 13.7. The van der Waals surface area contributed by atoms with Crippen molar-refractivity contribution in [2.24, 2.45) is 0 Å². The van der Waals surface area contributed by atoms with Gasteiger partial charge in [0.05, 0.1) is 23.4 Å². The van der Waals surface area contributed by atoms with Crippen molar-refractivity contribution in [3.8, 4) is 0 Å². The largest absolute Gasteiger partial charge is 0.328 e. The molecule has 126 valence electrons. The number of anilines is 1. The monoisotopic (exact) mass is 327 g/mol. The average Bonchev–Trinajstić information content (AvgIpc) is 3.00. The number of piperidine rings is 1. The van der Waals surface area contributed by atoms with E-state index >= 15 is 0 Å². The molecule has 2 saturated heterocycles. The molecule has 1 N–H and O–H groups in total. The molecule has 0 bridgehead atoms. The number of carbonyl (C=O) groups is 2. The van der Waals surface area contributed by atoms with E-state index in [0.29, 0.717) is 19.0 Å². The van der Waals surface area contributed by atoms with Crippen LogP contribution in [0.3, 0.4) is 0 Å². The van der Waals surface area contributed by atoms with E-state index in [2.05, 4.69) is 33.1 Å². The molecular weight excluding hydrogens is 306 g/mol. The van der Waals surface area contributed by atoms with Gasteiger partial charge in [0.15, 0.2) is 0 Å². The molecule has 2 fully saturated rings. The van der Waals surface area contributed by atoms with Crippen molar-refractivity contribution in [2.75, 3.05) is 31.6 Å². The molecule has 0 saturated carbocycles. The zero-order chi connectivity index (χ0) is 16.7. The standard InChI is InChI=1S/C17H21N5O2/c1-20-8-5-12(6-9-20)22-15-4-2-3-14(13(15)11-18-22)21-10-7-16(23)19-17(21)24/h2-4,11-12H,5-10H2,1H3,(H,19,23,24). The van der Waals surface area contributed by atoms with E-state index in [9.17, 15) is 9.59 Å². The first-order valence-corrected chi connectivity index (χ1v) is 8.39. The molecule has 2 aliphatic rings. The highest BCUT2D eigenvalue weighted by molar-refractivity contribution is 6.09. The molecule has 2 aromatic rings. The van der Waals surface area contributed by atoms with Crippen molar-refractivity contribution >= 4 is 28.5 Å². The topological polar surface area (TPSA) is 70.5 Å². The second-order valence-electron chi connectivity index (χ2n) is 6.59. The highest BCUT2D eigenvalue weighted by Crippen LogP contribution is 2.31. The Bertz CT molecular complexity index is 791. The number of amides is 3. The quantitative estimate of drug-likeness (QED) is 0.912. The van der Waals surface area contributed by atoms with Crippen molar-refractivity contribution < 1.29 is 9.59 Å². The highest BCUT2D eigenvalue weighted by Gasteiger charge is 2.27. The molecule has 3 amide bonds. The van der Waals surface area contributed by atoms with Crippen LogP contribution >= 0.6 is 0 Å². The SMILES string of the molecule is CN1CCC(n2ncc3c(N4CCC(=O)NC4=O)cccc32)CC1. The van der Waals surface area contributed by atoms with Crippen LogP contribution in [0.5, 0.6) is 0 Å².